The van der Waals surface area contributed by atoms with Crippen LogP contribution in [0.2, 0.25) is 5.02 Å². The first-order valence-electron chi connectivity index (χ1n) is 7.68. The first-order chi connectivity index (χ1) is 10.3. The molecule has 0 aromatic heterocycles. The Morgan fingerprint density at radius 2 is 2.09 bits per heavy atom. The van der Waals surface area contributed by atoms with Gasteiger partial charge in [-0.05, 0) is 45.2 Å². The average molecular weight is 326 g/mol. The van der Waals surface area contributed by atoms with E-state index in [0.717, 1.165) is 18.4 Å². The predicted molar refractivity (Wildman–Crippen MR) is 86.9 cm³/mol. The Bertz CT molecular complexity index is 527. The van der Waals surface area contributed by atoms with Crippen molar-refractivity contribution in [1.82, 2.24) is 4.90 Å². The summed E-state index contributed by atoms with van der Waals surface area (Å²) in [6.07, 6.45) is 0.736. The van der Waals surface area contributed by atoms with Crippen LogP contribution in [-0.4, -0.2) is 34.8 Å². The number of ether oxygens (including phenoxy) is 1. The molecule has 122 valence electrons. The third-order valence-corrected chi connectivity index (χ3v) is 4.12. The molecule has 0 radical (unpaired) electrons. The molecule has 0 unspecified atom stereocenters. The molecule has 2 atom stereocenters. The first-order valence-corrected chi connectivity index (χ1v) is 8.06. The van der Waals surface area contributed by atoms with E-state index in [-0.39, 0.29) is 12.0 Å². The molecule has 1 aliphatic heterocycles. The van der Waals surface area contributed by atoms with Crippen molar-refractivity contribution >= 4 is 17.7 Å². The summed E-state index contributed by atoms with van der Waals surface area (Å²) >= 11 is 6.16. The van der Waals surface area contributed by atoms with E-state index in [1.807, 2.05) is 39.0 Å². The number of benzene rings is 1. The Morgan fingerprint density at radius 1 is 1.41 bits per heavy atom. The number of nitrogens with zero attached hydrogens (tertiary/aromatic N) is 1. The van der Waals surface area contributed by atoms with Crippen LogP contribution in [-0.2, 0) is 4.74 Å². The lowest BCUT2D eigenvalue weighted by Crippen LogP contribution is -2.44. The van der Waals surface area contributed by atoms with Crippen molar-refractivity contribution in [3.8, 4) is 0 Å². The van der Waals surface area contributed by atoms with E-state index in [1.54, 1.807) is 11.0 Å². The molecular formula is C17H24ClNO3. The molecule has 1 N–H and O–H groups in total. The monoisotopic (exact) mass is 325 g/mol. The van der Waals surface area contributed by atoms with Crippen LogP contribution in [0.4, 0.5) is 4.79 Å². The lowest BCUT2D eigenvalue weighted by Gasteiger charge is -2.36. The summed E-state index contributed by atoms with van der Waals surface area (Å²) in [6, 6.07) is 7.30. The highest BCUT2D eigenvalue weighted by Gasteiger charge is 2.32. The minimum Gasteiger partial charge on any atom is -0.444 e. The van der Waals surface area contributed by atoms with Crippen LogP contribution in [0, 0.1) is 5.92 Å². The maximum absolute atomic E-state index is 12.2. The van der Waals surface area contributed by atoms with Crippen molar-refractivity contribution in [1.29, 1.82) is 0 Å². The number of aliphatic hydroxyl groups is 1. The summed E-state index contributed by atoms with van der Waals surface area (Å²) in [6.45, 7) is 6.71. The molecule has 1 aromatic rings. The molecule has 4 nitrogen and oxygen atoms in total. The first kappa shape index (κ1) is 17.1. The third kappa shape index (κ3) is 4.37. The summed E-state index contributed by atoms with van der Waals surface area (Å²) in [4.78, 5) is 13.9. The molecule has 1 heterocycles. The fraction of sp³-hybridized carbons (Fsp3) is 0.588. The van der Waals surface area contributed by atoms with Crippen molar-refractivity contribution < 1.29 is 14.6 Å². The van der Waals surface area contributed by atoms with Crippen molar-refractivity contribution in [2.45, 2.75) is 45.3 Å². The summed E-state index contributed by atoms with van der Waals surface area (Å²) in [5.74, 6) is -0.0267. The van der Waals surface area contributed by atoms with Gasteiger partial charge < -0.3 is 14.7 Å². The van der Waals surface area contributed by atoms with E-state index < -0.39 is 11.7 Å². The minimum atomic E-state index is -0.668. The molecule has 1 aliphatic rings. The van der Waals surface area contributed by atoms with Gasteiger partial charge >= 0.3 is 6.09 Å². The number of carbonyl (C=O) groups is 1. The molecule has 0 spiro atoms. The maximum Gasteiger partial charge on any atom is 0.410 e. The molecule has 2 rings (SSSR count). The lowest BCUT2D eigenvalue weighted by atomic mass is 9.88. The van der Waals surface area contributed by atoms with Crippen LogP contribution in [0.1, 0.15) is 45.3 Å². The number of hydrogen-bond acceptors (Lipinski definition) is 3. The summed E-state index contributed by atoms with van der Waals surface area (Å²) in [5.41, 5.74) is 0.214. The van der Waals surface area contributed by atoms with Crippen molar-refractivity contribution in [2.24, 2.45) is 5.92 Å². The average Bonchev–Trinajstić information content (AvgIpc) is 2.45. The SMILES string of the molecule is CC(C)(C)OC(=O)N1CCC[C@H]([C@@H](O)c2ccccc2Cl)C1. The zero-order valence-corrected chi connectivity index (χ0v) is 14.1. The zero-order valence-electron chi connectivity index (χ0n) is 13.4. The molecule has 1 amide bonds. The Morgan fingerprint density at radius 3 is 2.73 bits per heavy atom. The van der Waals surface area contributed by atoms with E-state index in [9.17, 15) is 9.90 Å². The van der Waals surface area contributed by atoms with Crippen LogP contribution in [0.5, 0.6) is 0 Å². The smallest absolute Gasteiger partial charge is 0.410 e. The second-order valence-electron chi connectivity index (χ2n) is 6.80. The van der Waals surface area contributed by atoms with Gasteiger partial charge in [-0.1, -0.05) is 29.8 Å². The molecule has 1 aromatic carbocycles. The van der Waals surface area contributed by atoms with Gasteiger partial charge in [-0.25, -0.2) is 4.79 Å². The molecule has 0 aliphatic carbocycles. The number of halogens is 1. The van der Waals surface area contributed by atoms with E-state index >= 15 is 0 Å². The summed E-state index contributed by atoms with van der Waals surface area (Å²) in [7, 11) is 0. The number of amides is 1. The number of hydrogen-bond donors (Lipinski definition) is 1. The lowest BCUT2D eigenvalue weighted by molar-refractivity contribution is 0.00241. The molecular weight excluding hydrogens is 302 g/mol. The molecule has 5 heteroatoms. The Kier molecular flexibility index (Phi) is 5.35. The van der Waals surface area contributed by atoms with E-state index in [1.165, 1.54) is 0 Å². The number of piperidine rings is 1. The van der Waals surface area contributed by atoms with E-state index in [4.69, 9.17) is 16.3 Å². The van der Waals surface area contributed by atoms with Crippen LogP contribution >= 0.6 is 11.6 Å². The van der Waals surface area contributed by atoms with Crippen LogP contribution in [0.25, 0.3) is 0 Å². The second kappa shape index (κ2) is 6.88. The quantitative estimate of drug-likeness (QED) is 0.893. The van der Waals surface area contributed by atoms with Gasteiger partial charge in [0.1, 0.15) is 5.60 Å². The molecule has 1 fully saturated rings. The van der Waals surface area contributed by atoms with E-state index in [2.05, 4.69) is 0 Å². The van der Waals surface area contributed by atoms with E-state index in [0.29, 0.717) is 18.1 Å². The normalized spacial score (nSPS) is 20.6. The van der Waals surface area contributed by atoms with Crippen molar-refractivity contribution in [3.63, 3.8) is 0 Å². The molecule has 1 saturated heterocycles. The number of likely N-dealkylation sites (tertiary alicyclic amines) is 1. The number of rotatable bonds is 2. The molecule has 0 bridgehead atoms. The van der Waals surface area contributed by atoms with Gasteiger partial charge in [-0.15, -0.1) is 0 Å². The fourth-order valence-corrected chi connectivity index (χ4v) is 2.98. The van der Waals surface area contributed by atoms with Gasteiger partial charge in [0.25, 0.3) is 0 Å². The van der Waals surface area contributed by atoms with Crippen LogP contribution in [0.3, 0.4) is 0 Å². The second-order valence-corrected chi connectivity index (χ2v) is 7.20. The van der Waals surface area contributed by atoms with Gasteiger partial charge in [0.2, 0.25) is 0 Å². The highest BCUT2D eigenvalue weighted by molar-refractivity contribution is 6.31. The predicted octanol–water partition coefficient (Wildman–Crippen LogP) is 4.02. The van der Waals surface area contributed by atoms with Crippen molar-refractivity contribution in [3.05, 3.63) is 34.9 Å². The number of aliphatic hydroxyl groups excluding tert-OH is 1. The van der Waals surface area contributed by atoms with Gasteiger partial charge in [0.05, 0.1) is 6.10 Å². The van der Waals surface area contributed by atoms with Crippen molar-refractivity contribution in [2.75, 3.05) is 13.1 Å². The largest absolute Gasteiger partial charge is 0.444 e. The summed E-state index contributed by atoms with van der Waals surface area (Å²) < 4.78 is 5.41. The summed E-state index contributed by atoms with van der Waals surface area (Å²) in [5, 5.41) is 11.2. The van der Waals surface area contributed by atoms with Crippen LogP contribution in [0.15, 0.2) is 24.3 Å². The maximum atomic E-state index is 12.2. The number of carbonyl (C=O) groups excluding carboxylic acids is 1. The molecule has 0 saturated carbocycles. The van der Waals surface area contributed by atoms with Gasteiger partial charge in [0, 0.05) is 24.0 Å². The standard InChI is InChI=1S/C17H24ClNO3/c1-17(2,3)22-16(21)19-10-6-7-12(11-19)15(20)13-8-4-5-9-14(13)18/h4-5,8-9,12,15,20H,6-7,10-11H2,1-3H3/t12-,15+/m0/s1. The fourth-order valence-electron chi connectivity index (χ4n) is 2.73. The van der Waals surface area contributed by atoms with Gasteiger partial charge in [-0.2, -0.15) is 0 Å². The highest BCUT2D eigenvalue weighted by Crippen LogP contribution is 2.33. The highest BCUT2D eigenvalue weighted by atomic mass is 35.5. The Hall–Kier alpha value is -1.26. The van der Waals surface area contributed by atoms with Gasteiger partial charge in [0.15, 0.2) is 0 Å². The zero-order chi connectivity index (χ0) is 16.3. The molecule has 22 heavy (non-hydrogen) atoms. The van der Waals surface area contributed by atoms with Gasteiger partial charge in [-0.3, -0.25) is 0 Å². The Balaban J connectivity index is 2.04. The third-order valence-electron chi connectivity index (χ3n) is 3.78. The minimum absolute atomic E-state index is 0.0267. The Labute approximate surface area is 137 Å². The topological polar surface area (TPSA) is 49.8 Å². The van der Waals surface area contributed by atoms with Crippen LogP contribution < -0.4 is 0 Å².